The van der Waals surface area contributed by atoms with Crippen LogP contribution in [0.5, 0.6) is 0 Å². The average Bonchev–Trinajstić information content (AvgIpc) is 2.99. The maximum atomic E-state index is 4.27. The van der Waals surface area contributed by atoms with Gasteiger partial charge in [0.05, 0.1) is 6.54 Å². The van der Waals surface area contributed by atoms with Crippen LogP contribution in [0.15, 0.2) is 36.0 Å². The molecule has 0 amide bonds. The second-order valence-corrected chi connectivity index (χ2v) is 5.81. The Labute approximate surface area is 125 Å². The fraction of sp³-hybridized carbons (Fsp3) is 0.438. The van der Waals surface area contributed by atoms with Gasteiger partial charge in [-0.05, 0) is 37.4 Å². The number of pyridine rings is 1. The van der Waals surface area contributed by atoms with Gasteiger partial charge in [-0.2, -0.15) is 0 Å². The fourth-order valence-corrected chi connectivity index (χ4v) is 2.94. The Morgan fingerprint density at radius 2 is 2.20 bits per heavy atom. The average molecular weight is 289 g/mol. The highest BCUT2D eigenvalue weighted by atomic mass is 32.1. The van der Waals surface area contributed by atoms with E-state index in [0.29, 0.717) is 0 Å². The molecule has 108 valence electrons. The van der Waals surface area contributed by atoms with E-state index in [-0.39, 0.29) is 0 Å². The quantitative estimate of drug-likeness (QED) is 0.752. The van der Waals surface area contributed by atoms with Crippen LogP contribution in [0, 0.1) is 0 Å². The van der Waals surface area contributed by atoms with Crippen LogP contribution < -0.4 is 10.2 Å². The van der Waals surface area contributed by atoms with E-state index >= 15 is 0 Å². The smallest absolute Gasteiger partial charge is 0.0522 e. The predicted octanol–water partition coefficient (Wildman–Crippen LogP) is 3.67. The van der Waals surface area contributed by atoms with Crippen molar-refractivity contribution in [3.8, 4) is 0 Å². The van der Waals surface area contributed by atoms with Crippen molar-refractivity contribution in [2.75, 3.05) is 18.0 Å². The molecule has 0 fully saturated rings. The molecule has 0 aliphatic carbocycles. The van der Waals surface area contributed by atoms with E-state index in [4.69, 9.17) is 0 Å². The Bertz CT molecular complexity index is 496. The zero-order valence-corrected chi connectivity index (χ0v) is 13.1. The molecule has 20 heavy (non-hydrogen) atoms. The molecule has 0 atom stereocenters. The number of hydrogen-bond acceptors (Lipinski definition) is 4. The molecule has 1 N–H and O–H groups in total. The van der Waals surface area contributed by atoms with E-state index in [1.54, 1.807) is 0 Å². The van der Waals surface area contributed by atoms with Gasteiger partial charge in [-0.3, -0.25) is 4.98 Å². The summed E-state index contributed by atoms with van der Waals surface area (Å²) in [5.41, 5.74) is 2.57. The van der Waals surface area contributed by atoms with Crippen molar-refractivity contribution in [1.82, 2.24) is 10.3 Å². The van der Waals surface area contributed by atoms with Gasteiger partial charge in [0.1, 0.15) is 0 Å². The first-order chi connectivity index (χ1) is 9.85. The van der Waals surface area contributed by atoms with Crippen LogP contribution in [0.3, 0.4) is 0 Å². The van der Waals surface area contributed by atoms with Gasteiger partial charge in [0.15, 0.2) is 0 Å². The Morgan fingerprint density at radius 1 is 1.30 bits per heavy atom. The van der Waals surface area contributed by atoms with E-state index in [1.807, 2.05) is 23.7 Å². The first-order valence-electron chi connectivity index (χ1n) is 7.26. The molecule has 0 aliphatic rings. The molecule has 0 saturated carbocycles. The standard InChI is InChI=1S/C16H23N3S/c1-3-8-17-11-14-12-18-9-7-16(14)19(4-2)13-15-6-5-10-20-15/h5-7,9-10,12,17H,3-4,8,11,13H2,1-2H3. The zero-order valence-electron chi connectivity index (χ0n) is 12.3. The number of hydrogen-bond donors (Lipinski definition) is 1. The molecular formula is C16H23N3S. The van der Waals surface area contributed by atoms with Crippen LogP contribution in [0.4, 0.5) is 5.69 Å². The summed E-state index contributed by atoms with van der Waals surface area (Å²) >= 11 is 1.82. The lowest BCUT2D eigenvalue weighted by Crippen LogP contribution is -2.24. The van der Waals surface area contributed by atoms with Gasteiger partial charge in [-0.1, -0.05) is 13.0 Å². The molecule has 0 bridgehead atoms. The minimum absolute atomic E-state index is 0.887. The Balaban J connectivity index is 2.11. The molecule has 3 nitrogen and oxygen atoms in total. The molecule has 0 spiro atoms. The van der Waals surface area contributed by atoms with Gasteiger partial charge >= 0.3 is 0 Å². The van der Waals surface area contributed by atoms with Gasteiger partial charge in [-0.25, -0.2) is 0 Å². The Morgan fingerprint density at radius 3 is 2.90 bits per heavy atom. The summed E-state index contributed by atoms with van der Waals surface area (Å²) in [5.74, 6) is 0. The molecule has 0 radical (unpaired) electrons. The molecule has 4 heteroatoms. The number of rotatable bonds is 8. The highest BCUT2D eigenvalue weighted by Crippen LogP contribution is 2.22. The maximum absolute atomic E-state index is 4.27. The van der Waals surface area contributed by atoms with E-state index in [1.165, 1.54) is 16.1 Å². The molecule has 0 aliphatic heterocycles. The van der Waals surface area contributed by atoms with Crippen molar-refractivity contribution in [2.24, 2.45) is 0 Å². The number of thiophene rings is 1. The van der Waals surface area contributed by atoms with Crippen molar-refractivity contribution < 1.29 is 0 Å². The predicted molar refractivity (Wildman–Crippen MR) is 87.3 cm³/mol. The van der Waals surface area contributed by atoms with Gasteiger partial charge in [0.25, 0.3) is 0 Å². The lowest BCUT2D eigenvalue weighted by Gasteiger charge is -2.25. The summed E-state index contributed by atoms with van der Waals surface area (Å²) in [6.07, 6.45) is 5.02. The molecule has 0 unspecified atom stereocenters. The minimum atomic E-state index is 0.887. The van der Waals surface area contributed by atoms with E-state index < -0.39 is 0 Å². The fourth-order valence-electron chi connectivity index (χ4n) is 2.22. The molecule has 0 saturated heterocycles. The van der Waals surface area contributed by atoms with E-state index in [0.717, 1.165) is 32.6 Å². The molecule has 2 rings (SSSR count). The molecule has 2 aromatic rings. The zero-order chi connectivity index (χ0) is 14.2. The second kappa shape index (κ2) is 8.02. The van der Waals surface area contributed by atoms with Crippen LogP contribution in [0.2, 0.25) is 0 Å². The van der Waals surface area contributed by atoms with E-state index in [2.05, 4.69) is 52.6 Å². The van der Waals surface area contributed by atoms with Crippen LogP contribution in [0.25, 0.3) is 0 Å². The molecule has 0 aromatic carbocycles. The van der Waals surface area contributed by atoms with Crippen molar-refractivity contribution in [2.45, 2.75) is 33.4 Å². The maximum Gasteiger partial charge on any atom is 0.0522 e. The first kappa shape index (κ1) is 15.0. The van der Waals surface area contributed by atoms with Crippen LogP contribution in [0.1, 0.15) is 30.7 Å². The summed E-state index contributed by atoms with van der Waals surface area (Å²) in [6.45, 7) is 8.30. The number of anilines is 1. The third-order valence-corrected chi connectivity index (χ3v) is 4.13. The monoisotopic (exact) mass is 289 g/mol. The van der Waals surface area contributed by atoms with Crippen molar-refractivity contribution in [3.05, 3.63) is 46.4 Å². The van der Waals surface area contributed by atoms with Crippen LogP contribution >= 0.6 is 11.3 Å². The van der Waals surface area contributed by atoms with Gasteiger partial charge in [-0.15, -0.1) is 11.3 Å². The second-order valence-electron chi connectivity index (χ2n) is 4.77. The summed E-state index contributed by atoms with van der Waals surface area (Å²) in [5, 5.41) is 5.60. The van der Waals surface area contributed by atoms with Crippen LogP contribution in [-0.4, -0.2) is 18.1 Å². The lowest BCUT2D eigenvalue weighted by molar-refractivity contribution is 0.670. The summed E-state index contributed by atoms with van der Waals surface area (Å²) in [7, 11) is 0. The normalized spacial score (nSPS) is 10.7. The highest BCUT2D eigenvalue weighted by molar-refractivity contribution is 7.09. The van der Waals surface area contributed by atoms with Gasteiger partial charge in [0.2, 0.25) is 0 Å². The third-order valence-electron chi connectivity index (χ3n) is 3.27. The molecule has 2 aromatic heterocycles. The molecule has 2 heterocycles. The largest absolute Gasteiger partial charge is 0.366 e. The number of aromatic nitrogens is 1. The SMILES string of the molecule is CCCNCc1cnccc1N(CC)Cc1cccs1. The van der Waals surface area contributed by atoms with Gasteiger partial charge < -0.3 is 10.2 Å². The van der Waals surface area contributed by atoms with Crippen LogP contribution in [-0.2, 0) is 13.1 Å². The Kier molecular flexibility index (Phi) is 6.02. The van der Waals surface area contributed by atoms with Crippen molar-refractivity contribution in [3.63, 3.8) is 0 Å². The first-order valence-corrected chi connectivity index (χ1v) is 8.14. The summed E-state index contributed by atoms with van der Waals surface area (Å²) < 4.78 is 0. The molecular weight excluding hydrogens is 266 g/mol. The summed E-state index contributed by atoms with van der Waals surface area (Å²) in [6, 6.07) is 6.44. The number of nitrogens with one attached hydrogen (secondary N) is 1. The lowest BCUT2D eigenvalue weighted by atomic mass is 10.2. The van der Waals surface area contributed by atoms with Gasteiger partial charge in [0, 0.05) is 41.6 Å². The third kappa shape index (κ3) is 4.05. The highest BCUT2D eigenvalue weighted by Gasteiger charge is 2.10. The Hall–Kier alpha value is -1.39. The number of nitrogens with zero attached hydrogens (tertiary/aromatic N) is 2. The topological polar surface area (TPSA) is 28.2 Å². The minimum Gasteiger partial charge on any atom is -0.366 e. The van der Waals surface area contributed by atoms with Crippen molar-refractivity contribution >= 4 is 17.0 Å². The van der Waals surface area contributed by atoms with E-state index in [9.17, 15) is 0 Å². The van der Waals surface area contributed by atoms with Crippen molar-refractivity contribution in [1.29, 1.82) is 0 Å². The summed E-state index contributed by atoms with van der Waals surface area (Å²) in [4.78, 5) is 8.09.